The van der Waals surface area contributed by atoms with E-state index in [0.717, 1.165) is 11.1 Å². The van der Waals surface area contributed by atoms with E-state index in [-0.39, 0.29) is 26.4 Å². The summed E-state index contributed by atoms with van der Waals surface area (Å²) < 4.78 is 26.0. The van der Waals surface area contributed by atoms with Gasteiger partial charge in [0.25, 0.3) is 0 Å². The van der Waals surface area contributed by atoms with Gasteiger partial charge >= 0.3 is 11.9 Å². The number of fused-ring (bicyclic) bond motifs is 1. The maximum Gasteiger partial charge on any atom is 0.335 e. The summed E-state index contributed by atoms with van der Waals surface area (Å²) in [6.45, 7) is -0.0335. The van der Waals surface area contributed by atoms with E-state index in [1.165, 1.54) is 7.11 Å². The molecule has 7 heteroatoms. The normalized spacial score (nSPS) is 13.1. The molecule has 1 unspecified atom stereocenters. The molecule has 2 aromatic rings. The molecule has 2 aromatic carbocycles. The highest BCUT2D eigenvalue weighted by Crippen LogP contribution is 2.32. The van der Waals surface area contributed by atoms with Crippen LogP contribution in [-0.4, -0.2) is 38.6 Å². The molecule has 1 atom stereocenters. The van der Waals surface area contributed by atoms with E-state index in [1.807, 2.05) is 30.3 Å². The minimum atomic E-state index is -0.931. The second-order valence-electron chi connectivity index (χ2n) is 5.86. The lowest BCUT2D eigenvalue weighted by atomic mass is 10.1. The van der Waals surface area contributed by atoms with Gasteiger partial charge in [-0.25, -0.2) is 9.59 Å². The third-order valence-corrected chi connectivity index (χ3v) is 3.97. The number of benzene rings is 2. The van der Waals surface area contributed by atoms with Crippen LogP contribution >= 0.6 is 0 Å². The minimum absolute atomic E-state index is 0.147. The van der Waals surface area contributed by atoms with E-state index in [2.05, 4.69) is 0 Å². The molecule has 7 nitrogen and oxygen atoms in total. The Balaban J connectivity index is 1.53. The van der Waals surface area contributed by atoms with Crippen LogP contribution in [0.2, 0.25) is 0 Å². The Morgan fingerprint density at radius 3 is 2.59 bits per heavy atom. The molecule has 1 aliphatic heterocycles. The molecular weight excluding hydrogens is 352 g/mol. The van der Waals surface area contributed by atoms with Gasteiger partial charge in [0.15, 0.2) is 17.6 Å². The number of hydrogen-bond acceptors (Lipinski definition) is 7. The number of hydrogen-bond donors (Lipinski definition) is 0. The van der Waals surface area contributed by atoms with Gasteiger partial charge in [-0.1, -0.05) is 36.4 Å². The number of ether oxygens (including phenoxy) is 5. The molecule has 0 bridgehead atoms. The van der Waals surface area contributed by atoms with Crippen molar-refractivity contribution in [2.75, 3.05) is 20.5 Å². The fraction of sp³-hybridized carbons (Fsp3) is 0.300. The fourth-order valence-corrected chi connectivity index (χ4v) is 2.57. The van der Waals surface area contributed by atoms with Crippen molar-refractivity contribution >= 4 is 11.9 Å². The van der Waals surface area contributed by atoms with Crippen LogP contribution in [0.25, 0.3) is 0 Å². The maximum atomic E-state index is 12.0. The lowest BCUT2D eigenvalue weighted by molar-refractivity contribution is -0.162. The Morgan fingerprint density at radius 1 is 1.04 bits per heavy atom. The number of carbonyl (C=O) groups is 2. The Kier molecular flexibility index (Phi) is 6.27. The molecule has 142 valence electrons. The average Bonchev–Trinajstić information content (AvgIpc) is 3.17. The molecule has 0 spiro atoms. The molecule has 0 aromatic heterocycles. The molecule has 3 rings (SSSR count). The quantitative estimate of drug-likeness (QED) is 0.658. The van der Waals surface area contributed by atoms with E-state index in [1.54, 1.807) is 18.2 Å². The van der Waals surface area contributed by atoms with Crippen LogP contribution in [0.1, 0.15) is 11.1 Å². The van der Waals surface area contributed by atoms with Crippen LogP contribution in [0.4, 0.5) is 0 Å². The smallest absolute Gasteiger partial charge is 0.335 e. The number of carbonyl (C=O) groups excluding carboxylic acids is 2. The van der Waals surface area contributed by atoms with Gasteiger partial charge in [-0.2, -0.15) is 0 Å². The van der Waals surface area contributed by atoms with Gasteiger partial charge in [-0.05, 0) is 23.3 Å². The number of esters is 2. The fourth-order valence-electron chi connectivity index (χ4n) is 2.57. The zero-order valence-corrected chi connectivity index (χ0v) is 14.9. The predicted molar refractivity (Wildman–Crippen MR) is 94.3 cm³/mol. The highest BCUT2D eigenvalue weighted by atomic mass is 16.7. The Bertz CT molecular complexity index is 788. The Hall–Kier alpha value is -3.06. The van der Waals surface area contributed by atoms with Crippen LogP contribution in [0.15, 0.2) is 48.5 Å². The lowest BCUT2D eigenvalue weighted by Gasteiger charge is -2.15. The van der Waals surface area contributed by atoms with Gasteiger partial charge in [-0.15, -0.1) is 0 Å². The van der Waals surface area contributed by atoms with Crippen molar-refractivity contribution in [1.82, 2.24) is 0 Å². The lowest BCUT2D eigenvalue weighted by Crippen LogP contribution is -2.30. The third-order valence-electron chi connectivity index (χ3n) is 3.97. The molecular formula is C20H20O7. The molecule has 0 saturated heterocycles. The first-order valence-electron chi connectivity index (χ1n) is 8.43. The van der Waals surface area contributed by atoms with Gasteiger partial charge in [-0.3, -0.25) is 0 Å². The predicted octanol–water partition coefficient (Wildman–Crippen LogP) is 2.26. The standard InChI is InChI=1S/C20H20O7/c1-23-20(22)18(10-15-7-8-16-17(9-15)27-13-26-16)24-12-19(21)25-11-14-5-3-2-4-6-14/h2-9,18H,10-13H2,1H3. The van der Waals surface area contributed by atoms with Crippen molar-refractivity contribution in [2.24, 2.45) is 0 Å². The molecule has 1 heterocycles. The molecule has 0 aliphatic carbocycles. The van der Waals surface area contributed by atoms with Gasteiger partial charge in [0.1, 0.15) is 13.2 Å². The summed E-state index contributed by atoms with van der Waals surface area (Å²) in [5, 5.41) is 0. The summed E-state index contributed by atoms with van der Waals surface area (Å²) in [5.74, 6) is 0.138. The van der Waals surface area contributed by atoms with Crippen LogP contribution < -0.4 is 9.47 Å². The minimum Gasteiger partial charge on any atom is -0.467 e. The molecule has 0 N–H and O–H groups in total. The zero-order valence-electron chi connectivity index (χ0n) is 14.9. The summed E-state index contributed by atoms with van der Waals surface area (Å²) in [6.07, 6.45) is -0.699. The van der Waals surface area contributed by atoms with Crippen molar-refractivity contribution in [3.8, 4) is 11.5 Å². The first kappa shape index (κ1) is 18.7. The number of rotatable bonds is 8. The van der Waals surface area contributed by atoms with Crippen LogP contribution in [0.5, 0.6) is 11.5 Å². The van der Waals surface area contributed by atoms with Crippen LogP contribution in [-0.2, 0) is 36.8 Å². The first-order chi connectivity index (χ1) is 13.2. The molecule has 0 amide bonds. The molecule has 27 heavy (non-hydrogen) atoms. The van der Waals surface area contributed by atoms with Crippen molar-refractivity contribution in [2.45, 2.75) is 19.1 Å². The third kappa shape index (κ3) is 5.21. The van der Waals surface area contributed by atoms with Crippen molar-refractivity contribution in [3.05, 3.63) is 59.7 Å². The van der Waals surface area contributed by atoms with Crippen molar-refractivity contribution < 1.29 is 33.3 Å². The number of methoxy groups -OCH3 is 1. The van der Waals surface area contributed by atoms with E-state index < -0.39 is 18.0 Å². The van der Waals surface area contributed by atoms with E-state index in [4.69, 9.17) is 23.7 Å². The first-order valence-corrected chi connectivity index (χ1v) is 8.43. The van der Waals surface area contributed by atoms with E-state index >= 15 is 0 Å². The second kappa shape index (κ2) is 9.05. The van der Waals surface area contributed by atoms with Crippen molar-refractivity contribution in [3.63, 3.8) is 0 Å². The molecule has 0 fully saturated rings. The van der Waals surface area contributed by atoms with E-state index in [9.17, 15) is 9.59 Å². The Labute approximate surface area is 156 Å². The maximum absolute atomic E-state index is 12.0. The van der Waals surface area contributed by atoms with Gasteiger partial charge in [0, 0.05) is 6.42 Å². The topological polar surface area (TPSA) is 80.3 Å². The summed E-state index contributed by atoms with van der Waals surface area (Å²) in [7, 11) is 1.27. The van der Waals surface area contributed by atoms with Crippen molar-refractivity contribution in [1.29, 1.82) is 0 Å². The molecule has 0 radical (unpaired) electrons. The highest BCUT2D eigenvalue weighted by Gasteiger charge is 2.23. The SMILES string of the molecule is COC(=O)C(Cc1ccc2c(c1)OCO2)OCC(=O)OCc1ccccc1. The second-order valence-corrected chi connectivity index (χ2v) is 5.86. The molecule has 1 aliphatic rings. The summed E-state index contributed by atoms with van der Waals surface area (Å²) in [4.78, 5) is 23.9. The average molecular weight is 372 g/mol. The van der Waals surface area contributed by atoms with Gasteiger partial charge in [0.05, 0.1) is 7.11 Å². The molecule has 0 saturated carbocycles. The van der Waals surface area contributed by atoms with Gasteiger partial charge < -0.3 is 23.7 Å². The Morgan fingerprint density at radius 2 is 1.81 bits per heavy atom. The van der Waals surface area contributed by atoms with Crippen LogP contribution in [0.3, 0.4) is 0 Å². The van der Waals surface area contributed by atoms with E-state index in [0.29, 0.717) is 11.5 Å². The monoisotopic (exact) mass is 372 g/mol. The van der Waals surface area contributed by atoms with Gasteiger partial charge in [0.2, 0.25) is 6.79 Å². The largest absolute Gasteiger partial charge is 0.467 e. The highest BCUT2D eigenvalue weighted by molar-refractivity contribution is 5.76. The summed E-state index contributed by atoms with van der Waals surface area (Å²) in [5.41, 5.74) is 1.67. The summed E-state index contributed by atoms with van der Waals surface area (Å²) >= 11 is 0. The zero-order chi connectivity index (χ0) is 19.1. The summed E-state index contributed by atoms with van der Waals surface area (Å²) in [6, 6.07) is 14.6. The van der Waals surface area contributed by atoms with Crippen LogP contribution in [0, 0.1) is 0 Å².